The summed E-state index contributed by atoms with van der Waals surface area (Å²) in [4.78, 5) is 14.0. The van der Waals surface area contributed by atoms with Crippen LogP contribution < -0.4 is 5.32 Å². The van der Waals surface area contributed by atoms with E-state index in [9.17, 15) is 9.18 Å². The largest absolute Gasteiger partial charge is 0.342 e. The summed E-state index contributed by atoms with van der Waals surface area (Å²) in [7, 11) is 1.95. The van der Waals surface area contributed by atoms with Gasteiger partial charge in [-0.2, -0.15) is 0 Å². The SMILES string of the molecule is CNC1CCN(C(=O)Cc2ccc(Br)c(F)c2)CC1. The molecule has 1 heterocycles. The Hall–Kier alpha value is -0.940. The summed E-state index contributed by atoms with van der Waals surface area (Å²) in [5, 5.41) is 3.23. The predicted octanol–water partition coefficient (Wildman–Crippen LogP) is 2.34. The molecule has 0 spiro atoms. The molecule has 0 radical (unpaired) electrons. The Morgan fingerprint density at radius 1 is 1.47 bits per heavy atom. The third-order valence-electron chi connectivity index (χ3n) is 3.60. The molecule has 0 unspecified atom stereocenters. The molecule has 1 aliphatic heterocycles. The molecule has 2 rings (SSSR count). The smallest absolute Gasteiger partial charge is 0.226 e. The van der Waals surface area contributed by atoms with Gasteiger partial charge in [0.2, 0.25) is 5.91 Å². The van der Waals surface area contributed by atoms with Crippen molar-refractivity contribution in [2.45, 2.75) is 25.3 Å². The molecule has 1 saturated heterocycles. The summed E-state index contributed by atoms with van der Waals surface area (Å²) in [6, 6.07) is 5.35. The highest BCUT2D eigenvalue weighted by molar-refractivity contribution is 9.10. The van der Waals surface area contributed by atoms with E-state index in [0.717, 1.165) is 31.5 Å². The number of likely N-dealkylation sites (tertiary alicyclic amines) is 1. The maximum atomic E-state index is 13.4. The number of carbonyl (C=O) groups excluding carboxylic acids is 1. The molecule has 0 saturated carbocycles. The van der Waals surface area contributed by atoms with E-state index in [4.69, 9.17) is 0 Å². The van der Waals surface area contributed by atoms with Gasteiger partial charge in [0.1, 0.15) is 5.82 Å². The van der Waals surface area contributed by atoms with Gasteiger partial charge in [-0.3, -0.25) is 4.79 Å². The topological polar surface area (TPSA) is 32.3 Å². The first kappa shape index (κ1) is 14.5. The average molecular weight is 329 g/mol. The van der Waals surface area contributed by atoms with Gasteiger partial charge >= 0.3 is 0 Å². The fraction of sp³-hybridized carbons (Fsp3) is 0.500. The van der Waals surface area contributed by atoms with Gasteiger partial charge in [0.15, 0.2) is 0 Å². The molecule has 0 bridgehead atoms. The number of carbonyl (C=O) groups is 1. The number of benzene rings is 1. The van der Waals surface area contributed by atoms with E-state index in [-0.39, 0.29) is 18.1 Å². The summed E-state index contributed by atoms with van der Waals surface area (Å²) < 4.78 is 13.8. The lowest BCUT2D eigenvalue weighted by Gasteiger charge is -2.31. The fourth-order valence-electron chi connectivity index (χ4n) is 2.35. The van der Waals surface area contributed by atoms with Crippen molar-refractivity contribution < 1.29 is 9.18 Å². The van der Waals surface area contributed by atoms with Gasteiger partial charge in [-0.05, 0) is 53.5 Å². The molecule has 3 nitrogen and oxygen atoms in total. The first-order chi connectivity index (χ1) is 9.10. The van der Waals surface area contributed by atoms with Crippen LogP contribution in [0.4, 0.5) is 4.39 Å². The number of amides is 1. The zero-order chi connectivity index (χ0) is 13.8. The van der Waals surface area contributed by atoms with Crippen LogP contribution in [0.15, 0.2) is 22.7 Å². The molecule has 1 N–H and O–H groups in total. The number of hydrogen-bond donors (Lipinski definition) is 1. The van der Waals surface area contributed by atoms with E-state index >= 15 is 0 Å². The summed E-state index contributed by atoms with van der Waals surface area (Å²) >= 11 is 3.11. The van der Waals surface area contributed by atoms with Crippen LogP contribution in [-0.2, 0) is 11.2 Å². The molecule has 1 amide bonds. The monoisotopic (exact) mass is 328 g/mol. The molecule has 1 aliphatic rings. The number of rotatable bonds is 3. The molecule has 1 fully saturated rings. The van der Waals surface area contributed by atoms with Gasteiger partial charge in [-0.25, -0.2) is 4.39 Å². The highest BCUT2D eigenvalue weighted by atomic mass is 79.9. The maximum Gasteiger partial charge on any atom is 0.226 e. The van der Waals surface area contributed by atoms with Crippen LogP contribution in [0.3, 0.4) is 0 Å². The number of nitrogens with one attached hydrogen (secondary N) is 1. The van der Waals surface area contributed by atoms with Gasteiger partial charge in [0.05, 0.1) is 10.9 Å². The molecule has 19 heavy (non-hydrogen) atoms. The Morgan fingerprint density at radius 2 is 2.16 bits per heavy atom. The second-order valence-electron chi connectivity index (χ2n) is 4.87. The summed E-state index contributed by atoms with van der Waals surface area (Å²) in [5.41, 5.74) is 0.724. The molecule has 1 aromatic carbocycles. The van der Waals surface area contributed by atoms with Crippen LogP contribution in [0.25, 0.3) is 0 Å². The Balaban J connectivity index is 1.92. The van der Waals surface area contributed by atoms with E-state index in [1.165, 1.54) is 6.07 Å². The first-order valence-corrected chi connectivity index (χ1v) is 7.28. The van der Waals surface area contributed by atoms with Crippen LogP contribution in [0.5, 0.6) is 0 Å². The Labute approximate surface area is 121 Å². The van der Waals surface area contributed by atoms with Crippen LogP contribution in [-0.4, -0.2) is 37.0 Å². The van der Waals surface area contributed by atoms with E-state index in [1.54, 1.807) is 12.1 Å². The molecule has 1 aromatic rings. The summed E-state index contributed by atoms with van der Waals surface area (Å²) in [6.45, 7) is 1.56. The maximum absolute atomic E-state index is 13.4. The van der Waals surface area contributed by atoms with Gasteiger partial charge in [0, 0.05) is 19.1 Å². The second-order valence-corrected chi connectivity index (χ2v) is 5.72. The van der Waals surface area contributed by atoms with Crippen molar-refractivity contribution in [1.82, 2.24) is 10.2 Å². The second kappa shape index (κ2) is 6.48. The predicted molar refractivity (Wildman–Crippen MR) is 76.5 cm³/mol. The minimum atomic E-state index is -0.320. The highest BCUT2D eigenvalue weighted by Crippen LogP contribution is 2.18. The van der Waals surface area contributed by atoms with Gasteiger partial charge in [-0.15, -0.1) is 0 Å². The van der Waals surface area contributed by atoms with Crippen molar-refractivity contribution in [2.75, 3.05) is 20.1 Å². The lowest BCUT2D eigenvalue weighted by molar-refractivity contribution is -0.131. The molecule has 0 aromatic heterocycles. The molecule has 104 valence electrons. The lowest BCUT2D eigenvalue weighted by atomic mass is 10.0. The van der Waals surface area contributed by atoms with Crippen molar-refractivity contribution in [3.05, 3.63) is 34.1 Å². The number of nitrogens with zero attached hydrogens (tertiary/aromatic N) is 1. The Bertz CT molecular complexity index is 459. The van der Waals surface area contributed by atoms with Gasteiger partial charge in [0.25, 0.3) is 0 Å². The Morgan fingerprint density at radius 3 is 2.74 bits per heavy atom. The third kappa shape index (κ3) is 3.76. The quantitative estimate of drug-likeness (QED) is 0.923. The van der Waals surface area contributed by atoms with Gasteiger partial charge in [-0.1, -0.05) is 6.07 Å². The van der Waals surface area contributed by atoms with E-state index in [2.05, 4.69) is 21.2 Å². The summed E-state index contributed by atoms with van der Waals surface area (Å²) in [5.74, 6) is -0.240. The van der Waals surface area contributed by atoms with E-state index < -0.39 is 0 Å². The minimum absolute atomic E-state index is 0.0799. The number of piperidine rings is 1. The van der Waals surface area contributed by atoms with E-state index in [0.29, 0.717) is 10.5 Å². The van der Waals surface area contributed by atoms with Crippen molar-refractivity contribution in [1.29, 1.82) is 0 Å². The minimum Gasteiger partial charge on any atom is -0.342 e. The van der Waals surface area contributed by atoms with Crippen LogP contribution >= 0.6 is 15.9 Å². The van der Waals surface area contributed by atoms with Gasteiger partial charge < -0.3 is 10.2 Å². The van der Waals surface area contributed by atoms with Crippen LogP contribution in [0.1, 0.15) is 18.4 Å². The van der Waals surface area contributed by atoms with Crippen LogP contribution in [0.2, 0.25) is 0 Å². The molecular weight excluding hydrogens is 311 g/mol. The Kier molecular flexibility index (Phi) is 4.93. The van der Waals surface area contributed by atoms with Crippen molar-refractivity contribution in [3.63, 3.8) is 0 Å². The zero-order valence-electron chi connectivity index (χ0n) is 11.0. The fourth-order valence-corrected chi connectivity index (χ4v) is 2.60. The normalized spacial score (nSPS) is 16.7. The number of hydrogen-bond acceptors (Lipinski definition) is 2. The number of halogens is 2. The molecular formula is C14H18BrFN2O. The van der Waals surface area contributed by atoms with Crippen molar-refractivity contribution in [3.8, 4) is 0 Å². The molecule has 0 aliphatic carbocycles. The van der Waals surface area contributed by atoms with E-state index in [1.807, 2.05) is 11.9 Å². The average Bonchev–Trinajstić information content (AvgIpc) is 2.43. The first-order valence-electron chi connectivity index (χ1n) is 6.49. The third-order valence-corrected chi connectivity index (χ3v) is 4.24. The molecule has 0 atom stereocenters. The van der Waals surface area contributed by atoms with Crippen LogP contribution in [0, 0.1) is 5.82 Å². The van der Waals surface area contributed by atoms with Crippen molar-refractivity contribution in [2.24, 2.45) is 0 Å². The van der Waals surface area contributed by atoms with Crippen molar-refractivity contribution >= 4 is 21.8 Å². The summed E-state index contributed by atoms with van der Waals surface area (Å²) in [6.07, 6.45) is 2.24. The highest BCUT2D eigenvalue weighted by Gasteiger charge is 2.21. The lowest BCUT2D eigenvalue weighted by Crippen LogP contribution is -2.44. The molecule has 5 heteroatoms. The zero-order valence-corrected chi connectivity index (χ0v) is 12.5. The standard InChI is InChI=1S/C14H18BrFN2O/c1-17-11-4-6-18(7-5-11)14(19)9-10-2-3-12(15)13(16)8-10/h2-3,8,11,17H,4-7,9H2,1H3.